The minimum atomic E-state index is -1.08. The van der Waals surface area contributed by atoms with Crippen LogP contribution < -0.4 is 5.32 Å². The number of rotatable bonds is 7. The van der Waals surface area contributed by atoms with E-state index in [9.17, 15) is 14.7 Å². The Kier molecular flexibility index (Phi) is 6.60. The Morgan fingerprint density at radius 2 is 2.12 bits per heavy atom. The molecular weight excluding hydrogens is 334 g/mol. The summed E-state index contributed by atoms with van der Waals surface area (Å²) in [5.74, 6) is -1.38. The molecule has 0 aliphatic carbocycles. The molecule has 1 saturated heterocycles. The summed E-state index contributed by atoms with van der Waals surface area (Å²) in [6.07, 6.45) is 1.17. The van der Waals surface area contributed by atoms with Crippen molar-refractivity contribution in [2.24, 2.45) is 0 Å². The van der Waals surface area contributed by atoms with E-state index >= 15 is 0 Å². The molecule has 6 nitrogen and oxygen atoms in total. The van der Waals surface area contributed by atoms with Crippen molar-refractivity contribution in [3.63, 3.8) is 0 Å². The number of carbonyl (C=O) groups is 2. The molecule has 1 aromatic carbocycles. The lowest BCUT2D eigenvalue weighted by molar-refractivity contribution is -0.144. The first-order valence-electron chi connectivity index (χ1n) is 7.86. The van der Waals surface area contributed by atoms with Crippen LogP contribution in [0.25, 0.3) is 0 Å². The fraction of sp³-hybridized carbons (Fsp3) is 0.529. The lowest BCUT2D eigenvalue weighted by Gasteiger charge is -2.37. The molecule has 0 spiro atoms. The first-order chi connectivity index (χ1) is 11.5. The van der Waals surface area contributed by atoms with E-state index in [-0.39, 0.29) is 18.9 Å². The first kappa shape index (κ1) is 18.7. The molecule has 1 aliphatic rings. The third kappa shape index (κ3) is 4.26. The zero-order chi connectivity index (χ0) is 17.6. The van der Waals surface area contributed by atoms with Crippen molar-refractivity contribution in [3.8, 4) is 0 Å². The van der Waals surface area contributed by atoms with Crippen molar-refractivity contribution in [3.05, 3.63) is 34.9 Å². The molecule has 0 radical (unpaired) electrons. The van der Waals surface area contributed by atoms with Crippen molar-refractivity contribution in [2.45, 2.75) is 30.7 Å². The van der Waals surface area contributed by atoms with Gasteiger partial charge in [-0.25, -0.2) is 4.79 Å². The summed E-state index contributed by atoms with van der Waals surface area (Å²) in [5, 5.41) is 12.5. The number of hydrogen-bond acceptors (Lipinski definition) is 4. The van der Waals surface area contributed by atoms with Gasteiger partial charge in [0.15, 0.2) is 0 Å². The molecule has 132 valence electrons. The maximum Gasteiger partial charge on any atom is 0.326 e. The van der Waals surface area contributed by atoms with Crippen LogP contribution in [0.5, 0.6) is 0 Å². The molecule has 24 heavy (non-hydrogen) atoms. The summed E-state index contributed by atoms with van der Waals surface area (Å²) in [7, 11) is 1.49. The van der Waals surface area contributed by atoms with Gasteiger partial charge in [-0.3, -0.25) is 4.79 Å². The summed E-state index contributed by atoms with van der Waals surface area (Å²) in [6, 6.07) is 6.16. The monoisotopic (exact) mass is 355 g/mol. The standard InChI is InChI=1S/C17H22ClNO5/c1-23-8-5-14(15(20)21)19-16(22)17(6-9-24-10-7-17)12-3-2-4-13(18)11-12/h2-4,11,14H,5-10H2,1H3,(H,19,22)(H,20,21). The van der Waals surface area contributed by atoms with E-state index in [4.69, 9.17) is 21.1 Å². The molecule has 1 atom stereocenters. The van der Waals surface area contributed by atoms with Crippen molar-refractivity contribution in [1.82, 2.24) is 5.32 Å². The highest BCUT2D eigenvalue weighted by molar-refractivity contribution is 6.30. The molecule has 1 aromatic rings. The highest BCUT2D eigenvalue weighted by Gasteiger charge is 2.43. The van der Waals surface area contributed by atoms with Gasteiger partial charge in [0.2, 0.25) is 5.91 Å². The van der Waals surface area contributed by atoms with Crippen molar-refractivity contribution in [1.29, 1.82) is 0 Å². The van der Waals surface area contributed by atoms with Gasteiger partial charge in [0.05, 0.1) is 5.41 Å². The number of hydrogen-bond donors (Lipinski definition) is 2. The van der Waals surface area contributed by atoms with Crippen molar-refractivity contribution >= 4 is 23.5 Å². The Morgan fingerprint density at radius 3 is 2.71 bits per heavy atom. The number of benzene rings is 1. The van der Waals surface area contributed by atoms with E-state index in [0.717, 1.165) is 5.56 Å². The van der Waals surface area contributed by atoms with Crippen LogP contribution in [-0.4, -0.2) is 50.0 Å². The highest BCUT2D eigenvalue weighted by atomic mass is 35.5. The normalized spacial score (nSPS) is 17.9. The van der Waals surface area contributed by atoms with Crippen LogP contribution >= 0.6 is 11.6 Å². The number of carbonyl (C=O) groups excluding carboxylic acids is 1. The molecule has 1 fully saturated rings. The number of methoxy groups -OCH3 is 1. The van der Waals surface area contributed by atoms with Gasteiger partial charge in [-0.05, 0) is 30.5 Å². The van der Waals surface area contributed by atoms with E-state index in [2.05, 4.69) is 5.32 Å². The number of halogens is 1. The molecule has 1 aliphatic heterocycles. The topological polar surface area (TPSA) is 84.9 Å². The predicted molar refractivity (Wildman–Crippen MR) is 89.2 cm³/mol. The van der Waals surface area contributed by atoms with Gasteiger partial charge in [-0.2, -0.15) is 0 Å². The Morgan fingerprint density at radius 1 is 1.42 bits per heavy atom. The number of ether oxygens (including phenoxy) is 2. The summed E-state index contributed by atoms with van der Waals surface area (Å²) in [6.45, 7) is 1.13. The summed E-state index contributed by atoms with van der Waals surface area (Å²) < 4.78 is 10.3. The van der Waals surface area contributed by atoms with Gasteiger partial charge < -0.3 is 19.9 Å². The van der Waals surface area contributed by atoms with E-state index in [1.54, 1.807) is 18.2 Å². The minimum Gasteiger partial charge on any atom is -0.480 e. The maximum atomic E-state index is 13.0. The zero-order valence-electron chi connectivity index (χ0n) is 13.6. The summed E-state index contributed by atoms with van der Waals surface area (Å²) in [4.78, 5) is 24.4. The van der Waals surface area contributed by atoms with Gasteiger partial charge in [-0.15, -0.1) is 0 Å². The van der Waals surface area contributed by atoms with E-state index in [0.29, 0.717) is 31.1 Å². The van der Waals surface area contributed by atoms with Crippen LogP contribution in [0.1, 0.15) is 24.8 Å². The van der Waals surface area contributed by atoms with Crippen LogP contribution in [0, 0.1) is 0 Å². The van der Waals surface area contributed by atoms with Gasteiger partial charge >= 0.3 is 5.97 Å². The number of amides is 1. The van der Waals surface area contributed by atoms with Crippen LogP contribution in [0.2, 0.25) is 5.02 Å². The van der Waals surface area contributed by atoms with Crippen molar-refractivity contribution < 1.29 is 24.2 Å². The third-order valence-electron chi connectivity index (χ3n) is 4.37. The fourth-order valence-corrected chi connectivity index (χ4v) is 3.13. The summed E-state index contributed by atoms with van der Waals surface area (Å²) in [5.41, 5.74) is -0.0455. The van der Waals surface area contributed by atoms with Gasteiger partial charge in [0.25, 0.3) is 0 Å². The predicted octanol–water partition coefficient (Wildman–Crippen LogP) is 1.99. The zero-order valence-corrected chi connectivity index (χ0v) is 14.3. The molecule has 2 rings (SSSR count). The smallest absolute Gasteiger partial charge is 0.326 e. The highest BCUT2D eigenvalue weighted by Crippen LogP contribution is 2.36. The average Bonchev–Trinajstić information content (AvgIpc) is 2.58. The Balaban J connectivity index is 2.26. The molecule has 1 amide bonds. The Labute approximate surface area is 146 Å². The van der Waals surface area contributed by atoms with Crippen LogP contribution in [0.15, 0.2) is 24.3 Å². The number of carboxylic acids is 1. The largest absolute Gasteiger partial charge is 0.480 e. The second kappa shape index (κ2) is 8.46. The maximum absolute atomic E-state index is 13.0. The molecule has 1 unspecified atom stereocenters. The van der Waals surface area contributed by atoms with Crippen molar-refractivity contribution in [2.75, 3.05) is 26.9 Å². The molecule has 1 heterocycles. The molecule has 7 heteroatoms. The minimum absolute atomic E-state index is 0.208. The third-order valence-corrected chi connectivity index (χ3v) is 4.61. The number of nitrogens with one attached hydrogen (secondary N) is 1. The number of carboxylic acid groups (broad SMARTS) is 1. The molecule has 0 aromatic heterocycles. The van der Waals surface area contributed by atoms with E-state index in [1.807, 2.05) is 6.07 Å². The van der Waals surface area contributed by atoms with Gasteiger partial charge in [-0.1, -0.05) is 23.7 Å². The van der Waals surface area contributed by atoms with Gasteiger partial charge in [0, 0.05) is 38.4 Å². The first-order valence-corrected chi connectivity index (χ1v) is 8.24. The number of aliphatic carboxylic acids is 1. The van der Waals surface area contributed by atoms with Crippen LogP contribution in [-0.2, 0) is 24.5 Å². The van der Waals surface area contributed by atoms with E-state index < -0.39 is 17.4 Å². The lowest BCUT2D eigenvalue weighted by atomic mass is 9.73. The quantitative estimate of drug-likeness (QED) is 0.781. The second-order valence-electron chi connectivity index (χ2n) is 5.85. The van der Waals surface area contributed by atoms with Crippen LogP contribution in [0.3, 0.4) is 0 Å². The summed E-state index contributed by atoms with van der Waals surface area (Å²) >= 11 is 6.08. The van der Waals surface area contributed by atoms with Crippen LogP contribution in [0.4, 0.5) is 0 Å². The lowest BCUT2D eigenvalue weighted by Crippen LogP contribution is -2.53. The SMILES string of the molecule is COCCC(NC(=O)C1(c2cccc(Cl)c2)CCOCC1)C(=O)O. The van der Waals surface area contributed by atoms with Gasteiger partial charge in [0.1, 0.15) is 6.04 Å². The molecule has 0 saturated carbocycles. The Bertz CT molecular complexity index is 586. The fourth-order valence-electron chi connectivity index (χ4n) is 2.94. The second-order valence-corrected chi connectivity index (χ2v) is 6.29. The molecule has 0 bridgehead atoms. The molecular formula is C17H22ClNO5. The Hall–Kier alpha value is -1.63. The van der Waals surface area contributed by atoms with E-state index in [1.165, 1.54) is 7.11 Å². The molecule has 2 N–H and O–H groups in total. The average molecular weight is 356 g/mol.